The lowest BCUT2D eigenvalue weighted by Gasteiger charge is -2.08. The van der Waals surface area contributed by atoms with E-state index < -0.39 is 26.9 Å². The molecule has 1 aromatic carbocycles. The topological polar surface area (TPSA) is 67.2 Å². The molecule has 8 heteroatoms. The molecule has 0 fully saturated rings. The van der Waals surface area contributed by atoms with Crippen LogP contribution in [0.3, 0.4) is 0 Å². The number of ether oxygens (including phenoxy) is 1. The SMILES string of the molecule is CS(=O)(=O)/C(C#N)=C\c1ccc(OC(F)(F)F)cc1. The molecule has 0 aliphatic rings. The van der Waals surface area contributed by atoms with E-state index >= 15 is 0 Å². The maximum absolute atomic E-state index is 11.9. The van der Waals surface area contributed by atoms with E-state index in [0.717, 1.165) is 24.5 Å². The van der Waals surface area contributed by atoms with Gasteiger partial charge in [0.15, 0.2) is 9.84 Å². The second kappa shape index (κ2) is 5.32. The summed E-state index contributed by atoms with van der Waals surface area (Å²) in [5.74, 6) is -0.428. The summed E-state index contributed by atoms with van der Waals surface area (Å²) in [6.45, 7) is 0. The normalized spacial score (nSPS) is 12.9. The van der Waals surface area contributed by atoms with Crippen LogP contribution in [0.2, 0.25) is 0 Å². The van der Waals surface area contributed by atoms with Crippen molar-refractivity contribution in [3.05, 3.63) is 34.7 Å². The number of nitriles is 1. The van der Waals surface area contributed by atoms with Gasteiger partial charge in [-0.3, -0.25) is 0 Å². The third-order valence-electron chi connectivity index (χ3n) is 1.92. The first kappa shape index (κ1) is 15.0. The lowest BCUT2D eigenvalue weighted by Crippen LogP contribution is -2.16. The van der Waals surface area contributed by atoms with Crippen LogP contribution in [-0.2, 0) is 9.84 Å². The van der Waals surface area contributed by atoms with Gasteiger partial charge in [-0.15, -0.1) is 13.2 Å². The molecule has 0 saturated carbocycles. The van der Waals surface area contributed by atoms with E-state index in [2.05, 4.69) is 4.74 Å². The highest BCUT2D eigenvalue weighted by Crippen LogP contribution is 2.23. The number of rotatable bonds is 3. The lowest BCUT2D eigenvalue weighted by atomic mass is 10.2. The molecule has 4 nitrogen and oxygen atoms in total. The molecule has 0 amide bonds. The van der Waals surface area contributed by atoms with Crippen molar-refractivity contribution in [2.45, 2.75) is 6.36 Å². The summed E-state index contributed by atoms with van der Waals surface area (Å²) in [5, 5.41) is 8.66. The maximum atomic E-state index is 11.9. The first-order valence-corrected chi connectivity index (χ1v) is 6.68. The predicted molar refractivity (Wildman–Crippen MR) is 61.6 cm³/mol. The van der Waals surface area contributed by atoms with Crippen molar-refractivity contribution in [3.8, 4) is 11.8 Å². The van der Waals surface area contributed by atoms with Crippen molar-refractivity contribution >= 4 is 15.9 Å². The van der Waals surface area contributed by atoms with Crippen molar-refractivity contribution in [1.82, 2.24) is 0 Å². The van der Waals surface area contributed by atoms with E-state index in [1.807, 2.05) is 0 Å². The summed E-state index contributed by atoms with van der Waals surface area (Å²) in [6.07, 6.45) is -2.86. The van der Waals surface area contributed by atoms with Crippen LogP contribution in [0.5, 0.6) is 5.75 Å². The van der Waals surface area contributed by atoms with Crippen molar-refractivity contribution < 1.29 is 26.3 Å². The van der Waals surface area contributed by atoms with Crippen LogP contribution in [0.15, 0.2) is 29.2 Å². The van der Waals surface area contributed by atoms with Gasteiger partial charge in [-0.25, -0.2) is 8.42 Å². The molecule has 0 aromatic heterocycles. The van der Waals surface area contributed by atoms with Gasteiger partial charge < -0.3 is 4.74 Å². The fourth-order valence-corrected chi connectivity index (χ4v) is 1.66. The zero-order valence-electron chi connectivity index (χ0n) is 9.60. The zero-order valence-corrected chi connectivity index (χ0v) is 10.4. The van der Waals surface area contributed by atoms with Crippen LogP contribution in [0.1, 0.15) is 5.56 Å². The van der Waals surface area contributed by atoms with Gasteiger partial charge in [-0.2, -0.15) is 5.26 Å². The number of alkyl halides is 3. The minimum atomic E-state index is -4.79. The van der Waals surface area contributed by atoms with E-state index in [4.69, 9.17) is 5.26 Å². The van der Waals surface area contributed by atoms with Gasteiger partial charge in [0, 0.05) is 6.26 Å². The molecule has 0 N–H and O–H groups in total. The van der Waals surface area contributed by atoms with Crippen LogP contribution >= 0.6 is 0 Å². The quantitative estimate of drug-likeness (QED) is 0.802. The number of nitrogens with zero attached hydrogens (tertiary/aromatic N) is 1. The molecule has 0 heterocycles. The molecular formula is C11H8F3NO3S. The summed E-state index contributed by atoms with van der Waals surface area (Å²) >= 11 is 0. The standard InChI is InChI=1S/C11H8F3NO3S/c1-19(16,17)10(7-15)6-8-2-4-9(5-3-8)18-11(12,13)14/h2-6H,1H3/b10-6-. The Kier molecular flexibility index (Phi) is 4.21. The number of benzene rings is 1. The Labute approximate surface area is 107 Å². The smallest absolute Gasteiger partial charge is 0.406 e. The fraction of sp³-hybridized carbons (Fsp3) is 0.182. The van der Waals surface area contributed by atoms with Crippen molar-refractivity contribution in [2.75, 3.05) is 6.26 Å². The molecule has 0 radical (unpaired) electrons. The number of halogens is 3. The van der Waals surface area contributed by atoms with E-state index in [0.29, 0.717) is 0 Å². The van der Waals surface area contributed by atoms with E-state index in [-0.39, 0.29) is 5.56 Å². The minimum Gasteiger partial charge on any atom is -0.406 e. The van der Waals surface area contributed by atoms with Crippen LogP contribution < -0.4 is 4.74 Å². The number of allylic oxidation sites excluding steroid dienone is 1. The number of sulfone groups is 1. The molecule has 0 aliphatic carbocycles. The molecular weight excluding hydrogens is 283 g/mol. The zero-order chi connectivity index (χ0) is 14.7. The highest BCUT2D eigenvalue weighted by Gasteiger charge is 2.30. The average Bonchev–Trinajstić information content (AvgIpc) is 2.24. The van der Waals surface area contributed by atoms with Crippen LogP contribution in [0.25, 0.3) is 6.08 Å². The first-order chi connectivity index (χ1) is 8.62. The maximum Gasteiger partial charge on any atom is 0.573 e. The number of hydrogen-bond acceptors (Lipinski definition) is 4. The summed E-state index contributed by atoms with van der Waals surface area (Å²) in [7, 11) is -3.66. The summed E-state index contributed by atoms with van der Waals surface area (Å²) in [5.41, 5.74) is 0.275. The van der Waals surface area contributed by atoms with E-state index in [9.17, 15) is 21.6 Å². The third-order valence-corrected chi connectivity index (χ3v) is 2.93. The molecule has 0 saturated heterocycles. The van der Waals surface area contributed by atoms with E-state index in [1.54, 1.807) is 0 Å². The Hall–Kier alpha value is -2.01. The van der Waals surface area contributed by atoms with Gasteiger partial charge in [0.05, 0.1) is 0 Å². The Morgan fingerprint density at radius 1 is 1.32 bits per heavy atom. The summed E-state index contributed by atoms with van der Waals surface area (Å²) in [4.78, 5) is -0.475. The van der Waals surface area contributed by atoms with E-state index in [1.165, 1.54) is 18.2 Å². The molecule has 19 heavy (non-hydrogen) atoms. The number of hydrogen-bond donors (Lipinski definition) is 0. The highest BCUT2D eigenvalue weighted by molar-refractivity contribution is 7.95. The van der Waals surface area contributed by atoms with Crippen molar-refractivity contribution in [2.24, 2.45) is 0 Å². The first-order valence-electron chi connectivity index (χ1n) is 4.79. The van der Waals surface area contributed by atoms with Crippen LogP contribution in [0, 0.1) is 11.3 Å². The molecule has 0 unspecified atom stereocenters. The van der Waals surface area contributed by atoms with Gasteiger partial charge in [0.2, 0.25) is 0 Å². The van der Waals surface area contributed by atoms with Crippen molar-refractivity contribution in [1.29, 1.82) is 5.26 Å². The summed E-state index contributed by atoms with van der Waals surface area (Å²) < 4.78 is 61.7. The molecule has 1 aromatic rings. The molecule has 0 spiro atoms. The second-order valence-electron chi connectivity index (χ2n) is 3.51. The van der Waals surface area contributed by atoms with Gasteiger partial charge in [-0.05, 0) is 23.8 Å². The largest absolute Gasteiger partial charge is 0.573 e. The molecule has 0 aliphatic heterocycles. The second-order valence-corrected chi connectivity index (χ2v) is 5.49. The monoisotopic (exact) mass is 291 g/mol. The molecule has 1 rings (SSSR count). The molecule has 0 atom stereocenters. The van der Waals surface area contributed by atoms with Gasteiger partial charge in [0.25, 0.3) is 0 Å². The van der Waals surface area contributed by atoms with Gasteiger partial charge in [-0.1, -0.05) is 12.1 Å². The lowest BCUT2D eigenvalue weighted by molar-refractivity contribution is -0.274. The van der Waals surface area contributed by atoms with Crippen molar-refractivity contribution in [3.63, 3.8) is 0 Å². The fourth-order valence-electron chi connectivity index (χ4n) is 1.14. The highest BCUT2D eigenvalue weighted by atomic mass is 32.2. The Bertz CT molecular complexity index is 625. The van der Waals surface area contributed by atoms with Crippen LogP contribution in [0.4, 0.5) is 13.2 Å². The third kappa shape index (κ3) is 5.01. The predicted octanol–water partition coefficient (Wildman–Crippen LogP) is 2.49. The Balaban J connectivity index is 3.01. The Morgan fingerprint density at radius 2 is 1.84 bits per heavy atom. The average molecular weight is 291 g/mol. The minimum absolute atomic E-state index is 0.275. The summed E-state index contributed by atoms with van der Waals surface area (Å²) in [6, 6.07) is 5.98. The van der Waals surface area contributed by atoms with Gasteiger partial charge in [0.1, 0.15) is 16.7 Å². The Morgan fingerprint density at radius 3 is 2.21 bits per heavy atom. The van der Waals surface area contributed by atoms with Crippen LogP contribution in [-0.4, -0.2) is 21.0 Å². The molecule has 102 valence electrons. The van der Waals surface area contributed by atoms with Gasteiger partial charge >= 0.3 is 6.36 Å². The molecule has 0 bridgehead atoms.